The van der Waals surface area contributed by atoms with Crippen LogP contribution in [0.15, 0.2) is 59.5 Å². The molecule has 1 amide bonds. The summed E-state index contributed by atoms with van der Waals surface area (Å²) in [7, 11) is 0. The number of furan rings is 1. The van der Waals surface area contributed by atoms with Crippen LogP contribution in [-0.2, 0) is 6.54 Å². The first-order valence-corrected chi connectivity index (χ1v) is 8.94. The molecule has 1 aliphatic heterocycles. The Morgan fingerprint density at radius 2 is 2.04 bits per heavy atom. The van der Waals surface area contributed by atoms with Gasteiger partial charge in [0.2, 0.25) is 0 Å². The Morgan fingerprint density at radius 3 is 2.77 bits per heavy atom. The number of rotatable bonds is 5. The van der Waals surface area contributed by atoms with E-state index in [2.05, 4.69) is 27.4 Å². The van der Waals surface area contributed by atoms with Gasteiger partial charge in [-0.1, -0.05) is 30.3 Å². The molecule has 0 radical (unpaired) electrons. The molecule has 1 fully saturated rings. The number of H-pyrrole nitrogens is 1. The second kappa shape index (κ2) is 7.58. The summed E-state index contributed by atoms with van der Waals surface area (Å²) in [5.74, 6) is 0.983. The minimum Gasteiger partial charge on any atom is -0.472 e. The zero-order valence-electron chi connectivity index (χ0n) is 14.5. The van der Waals surface area contributed by atoms with E-state index in [-0.39, 0.29) is 5.91 Å². The Labute approximate surface area is 152 Å². The zero-order chi connectivity index (χ0) is 17.8. The van der Waals surface area contributed by atoms with Crippen LogP contribution in [0.3, 0.4) is 0 Å². The first-order chi connectivity index (χ1) is 12.8. The molecule has 3 heterocycles. The van der Waals surface area contributed by atoms with Gasteiger partial charge in [0.25, 0.3) is 5.91 Å². The minimum atomic E-state index is 0.0516. The predicted molar refractivity (Wildman–Crippen MR) is 98.5 cm³/mol. The van der Waals surface area contributed by atoms with Crippen molar-refractivity contribution in [2.45, 2.75) is 25.4 Å². The van der Waals surface area contributed by atoms with Crippen molar-refractivity contribution in [2.24, 2.45) is 0 Å². The number of benzene rings is 1. The number of hydrogen-bond acceptors (Lipinski definition) is 4. The molecule has 26 heavy (non-hydrogen) atoms. The Kier molecular flexibility index (Phi) is 4.84. The van der Waals surface area contributed by atoms with E-state index in [1.165, 1.54) is 12.5 Å². The van der Waals surface area contributed by atoms with Crippen molar-refractivity contribution in [1.29, 1.82) is 0 Å². The number of piperidine rings is 1. The predicted octanol–water partition coefficient (Wildman–Crippen LogP) is 3.06. The lowest BCUT2D eigenvalue weighted by atomic mass is 10.0. The van der Waals surface area contributed by atoms with Gasteiger partial charge in [-0.2, -0.15) is 0 Å². The molecule has 2 N–H and O–H groups in total. The molecule has 6 heteroatoms. The minimum absolute atomic E-state index is 0.0516. The molecule has 134 valence electrons. The van der Waals surface area contributed by atoms with Gasteiger partial charge in [0, 0.05) is 19.1 Å². The molecule has 1 aromatic carbocycles. The Bertz CT molecular complexity index is 834. The number of carbonyl (C=O) groups excluding carboxylic acids is 1. The number of nitrogens with one attached hydrogen (secondary N) is 2. The van der Waals surface area contributed by atoms with Crippen molar-refractivity contribution in [2.75, 3.05) is 13.1 Å². The van der Waals surface area contributed by atoms with E-state index in [0.29, 0.717) is 18.2 Å². The van der Waals surface area contributed by atoms with Crippen LogP contribution in [0.1, 0.15) is 29.0 Å². The molecule has 0 spiro atoms. The van der Waals surface area contributed by atoms with Crippen molar-refractivity contribution in [3.63, 3.8) is 0 Å². The molecule has 0 unspecified atom stereocenters. The van der Waals surface area contributed by atoms with Gasteiger partial charge >= 0.3 is 0 Å². The number of hydrogen-bond donors (Lipinski definition) is 2. The van der Waals surface area contributed by atoms with Gasteiger partial charge in [-0.3, -0.25) is 4.79 Å². The van der Waals surface area contributed by atoms with E-state index >= 15 is 0 Å². The average molecular weight is 350 g/mol. The number of carbonyl (C=O) groups is 1. The van der Waals surface area contributed by atoms with Crippen molar-refractivity contribution >= 4 is 5.91 Å². The lowest BCUT2D eigenvalue weighted by molar-refractivity contribution is 0.0704. The molecule has 4 rings (SSSR count). The number of aromatic amines is 1. The van der Waals surface area contributed by atoms with Crippen LogP contribution < -0.4 is 5.32 Å². The molecule has 1 aliphatic rings. The zero-order valence-corrected chi connectivity index (χ0v) is 14.5. The summed E-state index contributed by atoms with van der Waals surface area (Å²) in [6.45, 7) is 2.22. The molecule has 0 aliphatic carbocycles. The number of imidazole rings is 1. The second-order valence-corrected chi connectivity index (χ2v) is 6.57. The van der Waals surface area contributed by atoms with Gasteiger partial charge in [-0.05, 0) is 24.5 Å². The third-order valence-electron chi connectivity index (χ3n) is 4.82. The summed E-state index contributed by atoms with van der Waals surface area (Å²) in [5.41, 5.74) is 2.79. The van der Waals surface area contributed by atoms with Crippen molar-refractivity contribution in [3.05, 3.63) is 66.5 Å². The van der Waals surface area contributed by atoms with Crippen LogP contribution in [0.5, 0.6) is 0 Å². The number of amides is 1. The SMILES string of the molecule is O=C(c1ccoc1)N1CCC(NCc2ncc(-c3ccccc3)[nH]2)CC1. The number of aromatic nitrogens is 2. The summed E-state index contributed by atoms with van der Waals surface area (Å²) in [6.07, 6.45) is 6.80. The van der Waals surface area contributed by atoms with E-state index in [9.17, 15) is 4.79 Å². The molecule has 0 saturated carbocycles. The topological polar surface area (TPSA) is 74.2 Å². The van der Waals surface area contributed by atoms with Gasteiger partial charge < -0.3 is 19.6 Å². The highest BCUT2D eigenvalue weighted by Crippen LogP contribution is 2.17. The van der Waals surface area contributed by atoms with Crippen molar-refractivity contribution in [1.82, 2.24) is 20.2 Å². The third-order valence-corrected chi connectivity index (χ3v) is 4.82. The maximum absolute atomic E-state index is 12.3. The van der Waals surface area contributed by atoms with Crippen molar-refractivity contribution < 1.29 is 9.21 Å². The van der Waals surface area contributed by atoms with Gasteiger partial charge in [-0.25, -0.2) is 4.98 Å². The quantitative estimate of drug-likeness (QED) is 0.742. The molecule has 2 aromatic heterocycles. The fourth-order valence-corrected chi connectivity index (χ4v) is 3.31. The molecule has 0 atom stereocenters. The van der Waals surface area contributed by atoms with Gasteiger partial charge in [-0.15, -0.1) is 0 Å². The van der Waals surface area contributed by atoms with E-state index in [1.807, 2.05) is 29.3 Å². The summed E-state index contributed by atoms with van der Waals surface area (Å²) >= 11 is 0. The molecule has 1 saturated heterocycles. The number of nitrogens with zero attached hydrogens (tertiary/aromatic N) is 2. The van der Waals surface area contributed by atoms with Crippen LogP contribution in [0.4, 0.5) is 0 Å². The van der Waals surface area contributed by atoms with Crippen LogP contribution in [0, 0.1) is 0 Å². The monoisotopic (exact) mass is 350 g/mol. The van der Waals surface area contributed by atoms with E-state index < -0.39 is 0 Å². The first-order valence-electron chi connectivity index (χ1n) is 8.94. The molecular formula is C20H22N4O2. The second-order valence-electron chi connectivity index (χ2n) is 6.57. The summed E-state index contributed by atoms with van der Waals surface area (Å²) < 4.78 is 5.00. The largest absolute Gasteiger partial charge is 0.472 e. The number of likely N-dealkylation sites (tertiary alicyclic amines) is 1. The Balaban J connectivity index is 1.26. The van der Waals surface area contributed by atoms with E-state index in [0.717, 1.165) is 43.0 Å². The maximum atomic E-state index is 12.3. The van der Waals surface area contributed by atoms with E-state index in [1.54, 1.807) is 6.07 Å². The average Bonchev–Trinajstić information content (AvgIpc) is 3.39. The highest BCUT2D eigenvalue weighted by atomic mass is 16.3. The van der Waals surface area contributed by atoms with Gasteiger partial charge in [0.15, 0.2) is 0 Å². The molecule has 6 nitrogen and oxygen atoms in total. The standard InChI is InChI=1S/C20H22N4O2/c25-20(16-8-11-26-14-16)24-9-6-17(7-10-24)21-13-19-22-12-18(23-19)15-4-2-1-3-5-15/h1-5,8,11-12,14,17,21H,6-7,9-10,13H2,(H,22,23). The smallest absolute Gasteiger partial charge is 0.257 e. The maximum Gasteiger partial charge on any atom is 0.257 e. The highest BCUT2D eigenvalue weighted by molar-refractivity contribution is 5.93. The van der Waals surface area contributed by atoms with Gasteiger partial charge in [0.1, 0.15) is 12.1 Å². The third kappa shape index (κ3) is 3.70. The fourth-order valence-electron chi connectivity index (χ4n) is 3.31. The Morgan fingerprint density at radius 1 is 1.23 bits per heavy atom. The fraction of sp³-hybridized carbons (Fsp3) is 0.300. The van der Waals surface area contributed by atoms with Crippen LogP contribution in [0.2, 0.25) is 0 Å². The highest BCUT2D eigenvalue weighted by Gasteiger charge is 2.24. The van der Waals surface area contributed by atoms with Crippen LogP contribution in [0.25, 0.3) is 11.3 Å². The van der Waals surface area contributed by atoms with Crippen LogP contribution >= 0.6 is 0 Å². The first kappa shape index (κ1) is 16.6. The van der Waals surface area contributed by atoms with Gasteiger partial charge in [0.05, 0.1) is 30.3 Å². The summed E-state index contributed by atoms with van der Waals surface area (Å²) in [5, 5.41) is 3.55. The molecule has 0 bridgehead atoms. The summed E-state index contributed by atoms with van der Waals surface area (Å²) in [4.78, 5) is 22.0. The normalized spacial score (nSPS) is 15.3. The Hall–Kier alpha value is -2.86. The summed E-state index contributed by atoms with van der Waals surface area (Å²) in [6, 6.07) is 12.3. The van der Waals surface area contributed by atoms with Crippen molar-refractivity contribution in [3.8, 4) is 11.3 Å². The van der Waals surface area contributed by atoms with Crippen LogP contribution in [-0.4, -0.2) is 39.9 Å². The molecule has 3 aromatic rings. The molecular weight excluding hydrogens is 328 g/mol. The lowest BCUT2D eigenvalue weighted by Crippen LogP contribution is -2.44. The van der Waals surface area contributed by atoms with E-state index in [4.69, 9.17) is 4.42 Å². The lowest BCUT2D eigenvalue weighted by Gasteiger charge is -2.32.